The van der Waals surface area contributed by atoms with Crippen LogP contribution < -0.4 is 16.4 Å². The lowest BCUT2D eigenvalue weighted by Gasteiger charge is -2.06. The summed E-state index contributed by atoms with van der Waals surface area (Å²) in [5, 5.41) is 5.21. The average Bonchev–Trinajstić information content (AvgIpc) is 2.36. The Balaban J connectivity index is 0.00000324. The molecule has 19 heavy (non-hydrogen) atoms. The van der Waals surface area contributed by atoms with Crippen molar-refractivity contribution in [3.63, 3.8) is 0 Å². The van der Waals surface area contributed by atoms with Crippen molar-refractivity contribution in [1.82, 2.24) is 10.6 Å². The Morgan fingerprint density at radius 1 is 1.26 bits per heavy atom. The molecule has 0 aliphatic rings. The molecule has 0 saturated heterocycles. The van der Waals surface area contributed by atoms with E-state index < -0.39 is 0 Å². The molecule has 7 heteroatoms. The molecule has 0 aliphatic heterocycles. The Bertz CT molecular complexity index is 429. The number of nitrogens with two attached hydrogens (primary N) is 1. The zero-order chi connectivity index (χ0) is 13.4. The van der Waals surface area contributed by atoms with Gasteiger partial charge in [-0.25, -0.2) is 0 Å². The van der Waals surface area contributed by atoms with Crippen LogP contribution in [0, 0.1) is 0 Å². The quantitative estimate of drug-likeness (QED) is 0.671. The SMILES string of the molecule is Cl.NCCCNC(=O)CNC(=O)c1cccc(Br)c1. The topological polar surface area (TPSA) is 84.2 Å². The first-order valence-electron chi connectivity index (χ1n) is 5.64. The summed E-state index contributed by atoms with van der Waals surface area (Å²) >= 11 is 3.28. The number of carbonyl (C=O) groups is 2. The third-order valence-corrected chi connectivity index (χ3v) is 2.69. The summed E-state index contributed by atoms with van der Waals surface area (Å²) < 4.78 is 0.822. The number of hydrogen-bond acceptors (Lipinski definition) is 3. The van der Waals surface area contributed by atoms with Crippen LogP contribution >= 0.6 is 28.3 Å². The van der Waals surface area contributed by atoms with Crippen LogP contribution in [-0.4, -0.2) is 31.4 Å². The standard InChI is InChI=1S/C12H16BrN3O2.ClH/c13-10-4-1-3-9(7-10)12(18)16-8-11(17)15-6-2-5-14;/h1,3-4,7H,2,5-6,8,14H2,(H,15,17)(H,16,18);1H. The van der Waals surface area contributed by atoms with Crippen LogP contribution in [0.3, 0.4) is 0 Å². The third-order valence-electron chi connectivity index (χ3n) is 2.20. The fourth-order valence-corrected chi connectivity index (χ4v) is 1.68. The predicted octanol–water partition coefficient (Wildman–Crippen LogP) is 1.07. The van der Waals surface area contributed by atoms with Gasteiger partial charge in [0.1, 0.15) is 0 Å². The molecule has 0 fully saturated rings. The average molecular weight is 351 g/mol. The molecule has 106 valence electrons. The number of carbonyl (C=O) groups excluding carboxylic acids is 2. The van der Waals surface area contributed by atoms with Gasteiger partial charge in [0.2, 0.25) is 5.91 Å². The number of rotatable bonds is 6. The summed E-state index contributed by atoms with van der Waals surface area (Å²) in [6.07, 6.45) is 0.727. The van der Waals surface area contributed by atoms with E-state index in [1.807, 2.05) is 6.07 Å². The van der Waals surface area contributed by atoms with Gasteiger partial charge < -0.3 is 16.4 Å². The van der Waals surface area contributed by atoms with E-state index >= 15 is 0 Å². The molecule has 0 aliphatic carbocycles. The van der Waals surface area contributed by atoms with Gasteiger partial charge in [-0.05, 0) is 31.2 Å². The van der Waals surface area contributed by atoms with Crippen molar-refractivity contribution in [3.8, 4) is 0 Å². The van der Waals surface area contributed by atoms with Gasteiger partial charge in [-0.15, -0.1) is 12.4 Å². The zero-order valence-electron chi connectivity index (χ0n) is 10.3. The van der Waals surface area contributed by atoms with Crippen molar-refractivity contribution in [1.29, 1.82) is 0 Å². The van der Waals surface area contributed by atoms with E-state index in [2.05, 4.69) is 26.6 Å². The molecule has 5 nitrogen and oxygen atoms in total. The highest BCUT2D eigenvalue weighted by molar-refractivity contribution is 9.10. The molecule has 0 bridgehead atoms. The summed E-state index contributed by atoms with van der Waals surface area (Å²) in [6.45, 7) is 1.03. The summed E-state index contributed by atoms with van der Waals surface area (Å²) in [5.41, 5.74) is 5.81. The smallest absolute Gasteiger partial charge is 0.251 e. The Morgan fingerprint density at radius 2 is 2.00 bits per heavy atom. The highest BCUT2D eigenvalue weighted by Gasteiger charge is 2.07. The summed E-state index contributed by atoms with van der Waals surface area (Å²) in [5.74, 6) is -0.489. The minimum absolute atomic E-state index is 0. The maximum Gasteiger partial charge on any atom is 0.251 e. The first-order chi connectivity index (χ1) is 8.63. The van der Waals surface area contributed by atoms with Gasteiger partial charge in [0.05, 0.1) is 6.54 Å². The molecule has 0 saturated carbocycles. The molecule has 0 unspecified atom stereocenters. The van der Waals surface area contributed by atoms with Gasteiger partial charge in [0.15, 0.2) is 0 Å². The van der Waals surface area contributed by atoms with E-state index in [4.69, 9.17) is 5.73 Å². The Hall–Kier alpha value is -1.11. The van der Waals surface area contributed by atoms with Crippen molar-refractivity contribution < 1.29 is 9.59 Å². The summed E-state index contributed by atoms with van der Waals surface area (Å²) in [4.78, 5) is 23.0. The van der Waals surface area contributed by atoms with E-state index in [0.717, 1.165) is 10.9 Å². The van der Waals surface area contributed by atoms with Gasteiger partial charge in [-0.1, -0.05) is 22.0 Å². The predicted molar refractivity (Wildman–Crippen MR) is 80.4 cm³/mol. The Kier molecular flexibility index (Phi) is 9.20. The van der Waals surface area contributed by atoms with Crippen LogP contribution in [-0.2, 0) is 4.79 Å². The maximum atomic E-state index is 11.7. The first-order valence-corrected chi connectivity index (χ1v) is 6.43. The molecule has 1 aromatic rings. The second kappa shape index (κ2) is 9.77. The maximum absolute atomic E-state index is 11.7. The lowest BCUT2D eigenvalue weighted by molar-refractivity contribution is -0.120. The highest BCUT2D eigenvalue weighted by atomic mass is 79.9. The molecular formula is C12H17BrClN3O2. The molecule has 0 atom stereocenters. The van der Waals surface area contributed by atoms with Gasteiger partial charge in [0.25, 0.3) is 5.91 Å². The lowest BCUT2D eigenvalue weighted by atomic mass is 10.2. The molecule has 0 aromatic heterocycles. The third kappa shape index (κ3) is 7.15. The first kappa shape index (κ1) is 17.9. The fourth-order valence-electron chi connectivity index (χ4n) is 1.28. The van der Waals surface area contributed by atoms with Crippen LogP contribution in [0.4, 0.5) is 0 Å². The summed E-state index contributed by atoms with van der Waals surface area (Å²) in [7, 11) is 0. The summed E-state index contributed by atoms with van der Waals surface area (Å²) in [6, 6.07) is 6.98. The Morgan fingerprint density at radius 3 is 2.63 bits per heavy atom. The minimum atomic E-state index is -0.273. The molecule has 4 N–H and O–H groups in total. The molecule has 0 heterocycles. The Labute approximate surface area is 126 Å². The van der Waals surface area contributed by atoms with Crippen LogP contribution in [0.1, 0.15) is 16.8 Å². The van der Waals surface area contributed by atoms with E-state index in [1.165, 1.54) is 0 Å². The van der Waals surface area contributed by atoms with Gasteiger partial charge >= 0.3 is 0 Å². The van der Waals surface area contributed by atoms with E-state index in [1.54, 1.807) is 18.2 Å². The fraction of sp³-hybridized carbons (Fsp3) is 0.333. The van der Waals surface area contributed by atoms with Crippen molar-refractivity contribution >= 4 is 40.2 Å². The second-order valence-electron chi connectivity index (χ2n) is 3.69. The highest BCUT2D eigenvalue weighted by Crippen LogP contribution is 2.11. The number of hydrogen-bond donors (Lipinski definition) is 3. The van der Waals surface area contributed by atoms with Crippen LogP contribution in [0.25, 0.3) is 0 Å². The van der Waals surface area contributed by atoms with Crippen molar-refractivity contribution in [2.45, 2.75) is 6.42 Å². The number of nitrogens with one attached hydrogen (secondary N) is 2. The van der Waals surface area contributed by atoms with E-state index in [0.29, 0.717) is 18.7 Å². The molecule has 0 radical (unpaired) electrons. The lowest BCUT2D eigenvalue weighted by Crippen LogP contribution is -2.37. The van der Waals surface area contributed by atoms with Crippen molar-refractivity contribution in [2.75, 3.05) is 19.6 Å². The number of benzene rings is 1. The number of halogens is 2. The van der Waals surface area contributed by atoms with E-state index in [-0.39, 0.29) is 30.8 Å². The van der Waals surface area contributed by atoms with Crippen LogP contribution in [0.15, 0.2) is 28.7 Å². The van der Waals surface area contributed by atoms with Crippen molar-refractivity contribution in [2.24, 2.45) is 5.73 Å². The zero-order valence-corrected chi connectivity index (χ0v) is 12.7. The van der Waals surface area contributed by atoms with E-state index in [9.17, 15) is 9.59 Å². The van der Waals surface area contributed by atoms with Gasteiger partial charge in [0, 0.05) is 16.6 Å². The second-order valence-corrected chi connectivity index (χ2v) is 4.60. The normalized spacial score (nSPS) is 9.37. The number of amides is 2. The van der Waals surface area contributed by atoms with Crippen LogP contribution in [0.2, 0.25) is 0 Å². The molecule has 1 rings (SSSR count). The largest absolute Gasteiger partial charge is 0.355 e. The molecule has 0 spiro atoms. The molecule has 1 aromatic carbocycles. The molecule has 2 amide bonds. The monoisotopic (exact) mass is 349 g/mol. The van der Waals surface area contributed by atoms with Crippen LogP contribution in [0.5, 0.6) is 0 Å². The van der Waals surface area contributed by atoms with Gasteiger partial charge in [-0.3, -0.25) is 9.59 Å². The van der Waals surface area contributed by atoms with Crippen molar-refractivity contribution in [3.05, 3.63) is 34.3 Å². The molecular weight excluding hydrogens is 334 g/mol. The van der Waals surface area contributed by atoms with Gasteiger partial charge in [-0.2, -0.15) is 0 Å². The minimum Gasteiger partial charge on any atom is -0.355 e.